The van der Waals surface area contributed by atoms with Crippen LogP contribution in [-0.2, 0) is 11.3 Å². The Bertz CT molecular complexity index is 840. The second-order valence-electron chi connectivity index (χ2n) is 6.38. The summed E-state index contributed by atoms with van der Waals surface area (Å²) < 4.78 is 5.75. The smallest absolute Gasteiger partial charge is 0.257 e. The highest BCUT2D eigenvalue weighted by atomic mass is 32.1. The molecule has 1 amide bonds. The van der Waals surface area contributed by atoms with E-state index >= 15 is 0 Å². The molecule has 0 radical (unpaired) electrons. The lowest BCUT2D eigenvalue weighted by molar-refractivity contribution is -0.121. The van der Waals surface area contributed by atoms with Crippen LogP contribution in [0.5, 0.6) is 0 Å². The number of likely N-dealkylation sites (tertiary alicyclic amines) is 1. The van der Waals surface area contributed by atoms with Crippen molar-refractivity contribution in [1.82, 2.24) is 15.1 Å². The summed E-state index contributed by atoms with van der Waals surface area (Å²) in [5.41, 5.74) is 0.854. The monoisotopic (exact) mass is 368 g/mol. The molecule has 0 spiro atoms. The molecule has 0 bridgehead atoms. The fraction of sp³-hybridized carbons (Fsp3) is 0.316. The summed E-state index contributed by atoms with van der Waals surface area (Å²) in [6.45, 7) is 2.33. The molecule has 0 aliphatic carbocycles. The number of aromatic nitrogens is 2. The number of hydrogen-bond donors (Lipinski definition) is 1. The highest BCUT2D eigenvalue weighted by Gasteiger charge is 2.26. The van der Waals surface area contributed by atoms with Gasteiger partial charge in [0.05, 0.1) is 11.4 Å². The van der Waals surface area contributed by atoms with Gasteiger partial charge in [0.15, 0.2) is 0 Å². The van der Waals surface area contributed by atoms with Gasteiger partial charge in [-0.05, 0) is 49.5 Å². The van der Waals surface area contributed by atoms with Crippen LogP contribution in [0.25, 0.3) is 10.8 Å². The van der Waals surface area contributed by atoms with Gasteiger partial charge in [-0.1, -0.05) is 24.3 Å². The number of piperidine rings is 1. The third kappa shape index (κ3) is 4.00. The molecule has 1 aromatic carbocycles. The first-order valence-corrected chi connectivity index (χ1v) is 9.60. The number of nitrogens with one attached hydrogen (secondary N) is 1. The summed E-state index contributed by atoms with van der Waals surface area (Å²) in [5.74, 6) is 1.36. The van der Waals surface area contributed by atoms with E-state index in [-0.39, 0.29) is 11.8 Å². The average molecular weight is 368 g/mol. The van der Waals surface area contributed by atoms with E-state index in [1.807, 2.05) is 47.8 Å². The van der Waals surface area contributed by atoms with Gasteiger partial charge in [-0.2, -0.15) is 0 Å². The highest BCUT2D eigenvalue weighted by Crippen LogP contribution is 2.25. The number of carbonyl (C=O) groups is 1. The molecule has 4 rings (SSSR count). The van der Waals surface area contributed by atoms with Crippen molar-refractivity contribution in [2.75, 3.05) is 18.4 Å². The summed E-state index contributed by atoms with van der Waals surface area (Å²) in [4.78, 5) is 15.6. The van der Waals surface area contributed by atoms with E-state index in [0.29, 0.717) is 18.3 Å². The Kier molecular flexibility index (Phi) is 5.08. The summed E-state index contributed by atoms with van der Waals surface area (Å²) in [6, 6.07) is 13.5. The van der Waals surface area contributed by atoms with Crippen molar-refractivity contribution >= 4 is 22.9 Å². The highest BCUT2D eigenvalue weighted by molar-refractivity contribution is 7.13. The van der Waals surface area contributed by atoms with E-state index in [9.17, 15) is 4.79 Å². The van der Waals surface area contributed by atoms with Gasteiger partial charge >= 0.3 is 0 Å². The second kappa shape index (κ2) is 7.80. The molecule has 0 atom stereocenters. The molecule has 134 valence electrons. The number of carbonyl (C=O) groups excluding carboxylic acids is 1. The van der Waals surface area contributed by atoms with Crippen LogP contribution in [0.1, 0.15) is 18.7 Å². The van der Waals surface area contributed by atoms with Crippen LogP contribution in [-0.4, -0.2) is 34.1 Å². The van der Waals surface area contributed by atoms with Crippen molar-refractivity contribution < 1.29 is 9.21 Å². The summed E-state index contributed by atoms with van der Waals surface area (Å²) in [6.07, 6.45) is 1.68. The molecule has 1 aliphatic heterocycles. The van der Waals surface area contributed by atoms with Crippen LogP contribution >= 0.6 is 11.3 Å². The van der Waals surface area contributed by atoms with Crippen molar-refractivity contribution in [3.63, 3.8) is 0 Å². The fourth-order valence-corrected chi connectivity index (χ4v) is 3.77. The lowest BCUT2D eigenvalue weighted by Gasteiger charge is -2.30. The second-order valence-corrected chi connectivity index (χ2v) is 7.33. The fourth-order valence-electron chi connectivity index (χ4n) is 3.13. The van der Waals surface area contributed by atoms with Gasteiger partial charge < -0.3 is 9.73 Å². The van der Waals surface area contributed by atoms with Crippen LogP contribution in [0.2, 0.25) is 0 Å². The van der Waals surface area contributed by atoms with Crippen molar-refractivity contribution in [2.45, 2.75) is 19.4 Å². The minimum absolute atomic E-state index is 0.0517. The average Bonchev–Trinajstić information content (AvgIpc) is 3.35. The first-order valence-electron chi connectivity index (χ1n) is 8.72. The molecule has 0 saturated carbocycles. The quantitative estimate of drug-likeness (QED) is 0.744. The molecule has 6 nitrogen and oxygen atoms in total. The Labute approximate surface area is 155 Å². The number of amides is 1. The molecule has 1 aliphatic rings. The first kappa shape index (κ1) is 16.9. The van der Waals surface area contributed by atoms with Crippen LogP contribution in [0.3, 0.4) is 0 Å². The Morgan fingerprint density at radius 1 is 1.15 bits per heavy atom. The van der Waals surface area contributed by atoms with Crippen molar-refractivity contribution in [2.24, 2.45) is 5.92 Å². The van der Waals surface area contributed by atoms with Crippen molar-refractivity contribution in [3.8, 4) is 10.8 Å². The van der Waals surface area contributed by atoms with Crippen molar-refractivity contribution in [3.05, 3.63) is 53.7 Å². The lowest BCUT2D eigenvalue weighted by Crippen LogP contribution is -2.37. The van der Waals surface area contributed by atoms with E-state index in [4.69, 9.17) is 4.42 Å². The lowest BCUT2D eigenvalue weighted by atomic mass is 9.96. The minimum atomic E-state index is 0.0517. The summed E-state index contributed by atoms with van der Waals surface area (Å²) in [7, 11) is 0. The molecular weight excluding hydrogens is 348 g/mol. The number of thiophene rings is 1. The van der Waals surface area contributed by atoms with Gasteiger partial charge in [-0.3, -0.25) is 9.69 Å². The number of para-hydroxylation sites is 1. The largest absolute Gasteiger partial charge is 0.419 e. The van der Waals surface area contributed by atoms with Crippen LogP contribution in [0.15, 0.2) is 52.3 Å². The zero-order valence-corrected chi connectivity index (χ0v) is 15.1. The van der Waals surface area contributed by atoms with E-state index in [0.717, 1.165) is 36.5 Å². The standard InChI is InChI=1S/C19H20N4O2S/c24-18(20-15-5-2-1-3-6-15)14-8-10-23(11-9-14)13-17-21-22-19(25-17)16-7-4-12-26-16/h1-7,12,14H,8-11,13H2,(H,20,24). The molecule has 1 fully saturated rings. The molecule has 7 heteroatoms. The number of hydrogen-bond acceptors (Lipinski definition) is 6. The Balaban J connectivity index is 1.28. The van der Waals surface area contributed by atoms with Crippen LogP contribution in [0, 0.1) is 5.92 Å². The molecule has 1 N–H and O–H groups in total. The Morgan fingerprint density at radius 2 is 1.96 bits per heavy atom. The topological polar surface area (TPSA) is 71.3 Å². The van der Waals surface area contributed by atoms with Gasteiger partial charge in [0.2, 0.25) is 11.8 Å². The van der Waals surface area contributed by atoms with E-state index in [1.165, 1.54) is 0 Å². The van der Waals surface area contributed by atoms with Gasteiger partial charge in [-0.25, -0.2) is 0 Å². The zero-order valence-electron chi connectivity index (χ0n) is 14.3. The van der Waals surface area contributed by atoms with E-state index in [1.54, 1.807) is 11.3 Å². The molecule has 2 aromatic heterocycles. The SMILES string of the molecule is O=C(Nc1ccccc1)C1CCN(Cc2nnc(-c3cccs3)o2)CC1. The van der Waals surface area contributed by atoms with Gasteiger partial charge in [0, 0.05) is 11.6 Å². The minimum Gasteiger partial charge on any atom is -0.419 e. The van der Waals surface area contributed by atoms with Crippen molar-refractivity contribution in [1.29, 1.82) is 0 Å². The maximum Gasteiger partial charge on any atom is 0.257 e. The number of anilines is 1. The summed E-state index contributed by atoms with van der Waals surface area (Å²) in [5, 5.41) is 13.3. The molecular formula is C19H20N4O2S. The predicted molar refractivity (Wildman–Crippen MR) is 101 cm³/mol. The normalized spacial score (nSPS) is 15.8. The van der Waals surface area contributed by atoms with Gasteiger partial charge in [0.25, 0.3) is 5.89 Å². The Morgan fingerprint density at radius 3 is 2.69 bits per heavy atom. The van der Waals surface area contributed by atoms with Gasteiger partial charge in [-0.15, -0.1) is 21.5 Å². The van der Waals surface area contributed by atoms with E-state index < -0.39 is 0 Å². The third-order valence-corrected chi connectivity index (χ3v) is 5.42. The third-order valence-electron chi connectivity index (χ3n) is 4.56. The number of nitrogens with zero attached hydrogens (tertiary/aromatic N) is 3. The number of benzene rings is 1. The molecule has 1 saturated heterocycles. The van der Waals surface area contributed by atoms with Crippen LogP contribution < -0.4 is 5.32 Å². The molecule has 3 heterocycles. The maximum absolute atomic E-state index is 12.4. The molecule has 0 unspecified atom stereocenters. The number of rotatable bonds is 5. The molecule has 26 heavy (non-hydrogen) atoms. The maximum atomic E-state index is 12.4. The van der Waals surface area contributed by atoms with Crippen LogP contribution in [0.4, 0.5) is 5.69 Å². The molecule has 3 aromatic rings. The predicted octanol–water partition coefficient (Wildman–Crippen LogP) is 3.65. The zero-order chi connectivity index (χ0) is 17.8. The van der Waals surface area contributed by atoms with E-state index in [2.05, 4.69) is 20.4 Å². The summed E-state index contributed by atoms with van der Waals surface area (Å²) >= 11 is 1.59. The van der Waals surface area contributed by atoms with Gasteiger partial charge in [0.1, 0.15) is 0 Å². The first-order chi connectivity index (χ1) is 12.8. The Hall–Kier alpha value is -2.51.